The van der Waals surface area contributed by atoms with Gasteiger partial charge in [0, 0.05) is 32.1 Å². The normalized spacial score (nSPS) is 11.0. The van der Waals surface area contributed by atoms with Crippen LogP contribution in [0.3, 0.4) is 0 Å². The van der Waals surface area contributed by atoms with Gasteiger partial charge in [0.25, 0.3) is 5.56 Å². The van der Waals surface area contributed by atoms with Gasteiger partial charge in [0.15, 0.2) is 0 Å². The van der Waals surface area contributed by atoms with Crippen LogP contribution in [0.1, 0.15) is 0 Å². The van der Waals surface area contributed by atoms with Gasteiger partial charge >= 0.3 is 0 Å². The van der Waals surface area contributed by atoms with Crippen molar-refractivity contribution in [3.8, 4) is 11.1 Å². The standard InChI is InChI=1S/C21H15ClN2OS/c22-14-10-11-17-15(12-14)19(13-6-2-1-3-7-13)20(21(25)24-17)26-18-9-5-4-8-16(18)23/h1-12H,23H2,(H,24,25). The minimum absolute atomic E-state index is 0.146. The van der Waals surface area contributed by atoms with Gasteiger partial charge in [-0.1, -0.05) is 65.8 Å². The van der Waals surface area contributed by atoms with Crippen LogP contribution >= 0.6 is 23.4 Å². The summed E-state index contributed by atoms with van der Waals surface area (Å²) in [7, 11) is 0. The van der Waals surface area contributed by atoms with Crippen LogP contribution in [0.15, 0.2) is 87.4 Å². The average Bonchev–Trinajstić information content (AvgIpc) is 2.65. The number of nitrogens with two attached hydrogens (primary N) is 1. The quantitative estimate of drug-likeness (QED) is 0.457. The van der Waals surface area contributed by atoms with Gasteiger partial charge in [-0.15, -0.1) is 0 Å². The number of benzene rings is 3. The number of hydrogen-bond acceptors (Lipinski definition) is 3. The Morgan fingerprint density at radius 3 is 2.42 bits per heavy atom. The molecule has 3 N–H and O–H groups in total. The average molecular weight is 379 g/mol. The van der Waals surface area contributed by atoms with Crippen molar-refractivity contribution in [1.29, 1.82) is 0 Å². The SMILES string of the molecule is Nc1ccccc1Sc1c(-c2ccccc2)c2cc(Cl)ccc2[nH]c1=O. The first-order valence-corrected chi connectivity index (χ1v) is 9.26. The van der Waals surface area contributed by atoms with E-state index in [1.165, 1.54) is 11.8 Å². The van der Waals surface area contributed by atoms with Crippen LogP contribution in [0, 0.1) is 0 Å². The maximum Gasteiger partial charge on any atom is 0.263 e. The molecule has 0 aliphatic heterocycles. The molecule has 1 aromatic heterocycles. The van der Waals surface area contributed by atoms with Crippen molar-refractivity contribution < 1.29 is 0 Å². The summed E-state index contributed by atoms with van der Waals surface area (Å²) in [5.74, 6) is 0. The number of nitrogens with one attached hydrogen (secondary N) is 1. The molecule has 0 unspecified atom stereocenters. The van der Waals surface area contributed by atoms with Gasteiger partial charge in [-0.3, -0.25) is 4.79 Å². The Kier molecular flexibility index (Phi) is 4.45. The molecule has 0 aliphatic carbocycles. The lowest BCUT2D eigenvalue weighted by Gasteiger charge is -2.13. The number of nitrogen functional groups attached to an aromatic ring is 1. The van der Waals surface area contributed by atoms with E-state index in [1.807, 2.05) is 66.7 Å². The van der Waals surface area contributed by atoms with E-state index in [0.29, 0.717) is 15.6 Å². The Morgan fingerprint density at radius 2 is 1.65 bits per heavy atom. The molecule has 0 saturated carbocycles. The summed E-state index contributed by atoms with van der Waals surface area (Å²) in [5, 5.41) is 1.53. The van der Waals surface area contributed by atoms with Gasteiger partial charge in [0.05, 0.1) is 4.90 Å². The fraction of sp³-hybridized carbons (Fsp3) is 0. The largest absolute Gasteiger partial charge is 0.398 e. The van der Waals surface area contributed by atoms with Crippen LogP contribution in [0.4, 0.5) is 5.69 Å². The molecule has 128 valence electrons. The fourth-order valence-corrected chi connectivity index (χ4v) is 4.12. The molecule has 0 radical (unpaired) electrons. The predicted octanol–water partition coefficient (Wildman–Crippen LogP) is 5.58. The summed E-state index contributed by atoms with van der Waals surface area (Å²) >= 11 is 7.61. The molecule has 3 nitrogen and oxygen atoms in total. The van der Waals surface area contributed by atoms with Crippen molar-refractivity contribution in [2.75, 3.05) is 5.73 Å². The van der Waals surface area contributed by atoms with Crippen molar-refractivity contribution >= 4 is 40.0 Å². The van der Waals surface area contributed by atoms with E-state index in [2.05, 4.69) is 4.98 Å². The number of para-hydroxylation sites is 1. The minimum Gasteiger partial charge on any atom is -0.398 e. The van der Waals surface area contributed by atoms with E-state index in [-0.39, 0.29) is 5.56 Å². The molecule has 4 aromatic rings. The Labute approximate surface area is 159 Å². The summed E-state index contributed by atoms with van der Waals surface area (Å²) in [4.78, 5) is 17.3. The zero-order valence-electron chi connectivity index (χ0n) is 13.7. The lowest BCUT2D eigenvalue weighted by Crippen LogP contribution is -2.10. The molecule has 26 heavy (non-hydrogen) atoms. The summed E-state index contributed by atoms with van der Waals surface area (Å²) in [6, 6.07) is 22.9. The third-order valence-electron chi connectivity index (χ3n) is 4.13. The first-order valence-electron chi connectivity index (χ1n) is 8.07. The van der Waals surface area contributed by atoms with E-state index < -0.39 is 0 Å². The molecular formula is C21H15ClN2OS. The van der Waals surface area contributed by atoms with Crippen molar-refractivity contribution in [2.24, 2.45) is 0 Å². The monoisotopic (exact) mass is 378 g/mol. The van der Waals surface area contributed by atoms with Gasteiger partial charge in [-0.2, -0.15) is 0 Å². The molecule has 0 fully saturated rings. The second kappa shape index (κ2) is 6.90. The van der Waals surface area contributed by atoms with Crippen LogP contribution < -0.4 is 11.3 Å². The van der Waals surface area contributed by atoms with Gasteiger partial charge in [0.2, 0.25) is 0 Å². The highest BCUT2D eigenvalue weighted by Gasteiger charge is 2.17. The molecule has 0 amide bonds. The van der Waals surface area contributed by atoms with Crippen molar-refractivity contribution in [1.82, 2.24) is 4.98 Å². The Morgan fingerprint density at radius 1 is 0.923 bits per heavy atom. The highest BCUT2D eigenvalue weighted by molar-refractivity contribution is 7.99. The second-order valence-corrected chi connectivity index (χ2v) is 7.34. The lowest BCUT2D eigenvalue weighted by molar-refractivity contribution is 1.20. The molecular weight excluding hydrogens is 364 g/mol. The Hall–Kier alpha value is -2.69. The molecule has 5 heteroatoms. The number of H-pyrrole nitrogens is 1. The van der Waals surface area contributed by atoms with Crippen molar-refractivity contribution in [3.05, 3.63) is 88.2 Å². The van der Waals surface area contributed by atoms with E-state index in [9.17, 15) is 4.79 Å². The number of aromatic amines is 1. The van der Waals surface area contributed by atoms with Crippen molar-refractivity contribution in [2.45, 2.75) is 9.79 Å². The number of hydrogen-bond donors (Lipinski definition) is 2. The molecule has 3 aromatic carbocycles. The van der Waals surface area contributed by atoms with Crippen LogP contribution in [0.25, 0.3) is 22.0 Å². The molecule has 1 heterocycles. The zero-order chi connectivity index (χ0) is 18.1. The predicted molar refractivity (Wildman–Crippen MR) is 110 cm³/mol. The highest BCUT2D eigenvalue weighted by atomic mass is 35.5. The third kappa shape index (κ3) is 3.09. The summed E-state index contributed by atoms with van der Waals surface area (Å²) < 4.78 is 0. The molecule has 0 atom stereocenters. The van der Waals surface area contributed by atoms with Crippen molar-refractivity contribution in [3.63, 3.8) is 0 Å². The maximum absolute atomic E-state index is 12.9. The fourth-order valence-electron chi connectivity index (χ4n) is 2.92. The van der Waals surface area contributed by atoms with Gasteiger partial charge in [-0.25, -0.2) is 0 Å². The van der Waals surface area contributed by atoms with Gasteiger partial charge < -0.3 is 10.7 Å². The number of rotatable bonds is 3. The Bertz CT molecular complexity index is 1160. The minimum atomic E-state index is -0.146. The van der Waals surface area contributed by atoms with Crippen LogP contribution in [-0.2, 0) is 0 Å². The van der Waals surface area contributed by atoms with E-state index in [4.69, 9.17) is 17.3 Å². The molecule has 4 rings (SSSR count). The van der Waals surface area contributed by atoms with E-state index in [1.54, 1.807) is 6.07 Å². The molecule has 0 saturated heterocycles. The Balaban J connectivity index is 2.04. The second-order valence-electron chi connectivity index (χ2n) is 5.85. The topological polar surface area (TPSA) is 58.9 Å². The number of fused-ring (bicyclic) bond motifs is 1. The first kappa shape index (κ1) is 16.8. The first-order chi connectivity index (χ1) is 12.6. The zero-order valence-corrected chi connectivity index (χ0v) is 15.3. The smallest absolute Gasteiger partial charge is 0.263 e. The van der Waals surface area contributed by atoms with Crippen LogP contribution in [0.2, 0.25) is 5.02 Å². The van der Waals surface area contributed by atoms with Gasteiger partial charge in [-0.05, 0) is 35.9 Å². The van der Waals surface area contributed by atoms with Crippen LogP contribution in [0.5, 0.6) is 0 Å². The van der Waals surface area contributed by atoms with E-state index in [0.717, 1.165) is 26.9 Å². The number of halogens is 1. The van der Waals surface area contributed by atoms with Crippen LogP contribution in [-0.4, -0.2) is 4.98 Å². The lowest BCUT2D eigenvalue weighted by atomic mass is 10.0. The summed E-state index contributed by atoms with van der Waals surface area (Å²) in [6.45, 7) is 0. The molecule has 0 aliphatic rings. The highest BCUT2D eigenvalue weighted by Crippen LogP contribution is 2.39. The van der Waals surface area contributed by atoms with Gasteiger partial charge in [0.1, 0.15) is 0 Å². The third-order valence-corrected chi connectivity index (χ3v) is 5.55. The summed E-state index contributed by atoms with van der Waals surface area (Å²) in [6.07, 6.45) is 0. The molecule has 0 spiro atoms. The number of pyridine rings is 1. The maximum atomic E-state index is 12.9. The number of aromatic nitrogens is 1. The molecule has 0 bridgehead atoms. The summed E-state index contributed by atoms with van der Waals surface area (Å²) in [5.41, 5.74) is 9.16. The van der Waals surface area contributed by atoms with E-state index >= 15 is 0 Å². The number of anilines is 1.